The maximum atomic E-state index is 12.9. The molecular weight excluding hydrogens is 294 g/mol. The van der Waals surface area contributed by atoms with Crippen LogP contribution >= 0.6 is 0 Å². The van der Waals surface area contributed by atoms with Crippen molar-refractivity contribution in [3.8, 4) is 0 Å². The summed E-state index contributed by atoms with van der Waals surface area (Å²) in [5.41, 5.74) is 2.31. The molecule has 1 aliphatic rings. The first-order valence-corrected chi connectivity index (χ1v) is 8.25. The summed E-state index contributed by atoms with van der Waals surface area (Å²) in [5, 5.41) is 8.04. The van der Waals surface area contributed by atoms with Crippen LogP contribution in [-0.2, 0) is 6.42 Å². The molecule has 2 aromatic heterocycles. The molecule has 0 bridgehead atoms. The zero-order valence-corrected chi connectivity index (χ0v) is 14.1. The van der Waals surface area contributed by atoms with Gasteiger partial charge in [0.15, 0.2) is 5.69 Å². The van der Waals surface area contributed by atoms with Gasteiger partial charge in [-0.3, -0.25) is 4.79 Å². The lowest BCUT2D eigenvalue weighted by Gasteiger charge is -2.24. The third kappa shape index (κ3) is 2.78. The molecule has 3 heterocycles. The summed E-state index contributed by atoms with van der Waals surface area (Å²) < 4.78 is 10.7. The summed E-state index contributed by atoms with van der Waals surface area (Å²) in [7, 11) is 0. The van der Waals surface area contributed by atoms with Gasteiger partial charge in [-0.25, -0.2) is 0 Å². The average molecular weight is 317 g/mol. The second-order valence-electron chi connectivity index (χ2n) is 6.38. The minimum absolute atomic E-state index is 0.0166. The van der Waals surface area contributed by atoms with Crippen molar-refractivity contribution in [1.29, 1.82) is 0 Å². The highest BCUT2D eigenvalue weighted by molar-refractivity contribution is 5.92. The van der Waals surface area contributed by atoms with Crippen molar-refractivity contribution in [2.45, 2.75) is 58.9 Å². The van der Waals surface area contributed by atoms with Crippen LogP contribution in [0.1, 0.15) is 78.8 Å². The number of amides is 1. The number of aryl methyl sites for hydroxylation is 2. The lowest BCUT2D eigenvalue weighted by Crippen LogP contribution is -2.31. The Balaban J connectivity index is 1.88. The quantitative estimate of drug-likeness (QED) is 0.861. The van der Waals surface area contributed by atoms with Crippen LogP contribution in [0.3, 0.4) is 0 Å². The Bertz CT molecular complexity index is 702. The van der Waals surface area contributed by atoms with E-state index in [1.54, 1.807) is 6.07 Å². The molecule has 1 aliphatic heterocycles. The monoisotopic (exact) mass is 317 g/mol. The van der Waals surface area contributed by atoms with E-state index >= 15 is 0 Å². The van der Waals surface area contributed by atoms with Gasteiger partial charge < -0.3 is 13.9 Å². The van der Waals surface area contributed by atoms with Crippen molar-refractivity contribution in [3.05, 3.63) is 34.5 Å². The van der Waals surface area contributed by atoms with Gasteiger partial charge in [0.2, 0.25) is 0 Å². The summed E-state index contributed by atoms with van der Waals surface area (Å²) in [5.74, 6) is 1.74. The molecule has 0 aromatic carbocycles. The van der Waals surface area contributed by atoms with Crippen LogP contribution in [0.4, 0.5) is 0 Å². The van der Waals surface area contributed by atoms with Gasteiger partial charge in [0.05, 0.1) is 11.7 Å². The normalized spacial score (nSPS) is 18.1. The van der Waals surface area contributed by atoms with E-state index in [2.05, 4.69) is 10.3 Å². The van der Waals surface area contributed by atoms with E-state index in [0.29, 0.717) is 5.69 Å². The minimum atomic E-state index is -0.0780. The summed E-state index contributed by atoms with van der Waals surface area (Å²) in [6, 6.07) is 1.77. The molecule has 6 heteroatoms. The Morgan fingerprint density at radius 3 is 2.83 bits per heavy atom. The van der Waals surface area contributed by atoms with E-state index in [4.69, 9.17) is 9.05 Å². The lowest BCUT2D eigenvalue weighted by molar-refractivity contribution is 0.0723. The van der Waals surface area contributed by atoms with Gasteiger partial charge in [-0.1, -0.05) is 31.1 Å². The number of hydrogen-bond donors (Lipinski definition) is 0. The van der Waals surface area contributed by atoms with Crippen molar-refractivity contribution < 1.29 is 13.8 Å². The van der Waals surface area contributed by atoms with E-state index < -0.39 is 0 Å². The maximum Gasteiger partial charge on any atom is 0.276 e. The number of rotatable bonds is 4. The molecule has 0 saturated carbocycles. The van der Waals surface area contributed by atoms with Gasteiger partial charge in [0.25, 0.3) is 5.91 Å². The molecule has 0 spiro atoms. The number of likely N-dealkylation sites (tertiary alicyclic amines) is 1. The fourth-order valence-corrected chi connectivity index (χ4v) is 3.22. The van der Waals surface area contributed by atoms with Gasteiger partial charge in [-0.2, -0.15) is 0 Å². The molecule has 1 unspecified atom stereocenters. The van der Waals surface area contributed by atoms with Crippen molar-refractivity contribution in [3.63, 3.8) is 0 Å². The van der Waals surface area contributed by atoms with Crippen molar-refractivity contribution in [2.75, 3.05) is 6.54 Å². The van der Waals surface area contributed by atoms with E-state index in [9.17, 15) is 4.79 Å². The van der Waals surface area contributed by atoms with Gasteiger partial charge in [0.1, 0.15) is 11.5 Å². The molecule has 0 radical (unpaired) electrons. The number of nitrogens with zero attached hydrogens (tertiary/aromatic N) is 3. The molecule has 1 saturated heterocycles. The fraction of sp³-hybridized carbons (Fsp3) is 0.588. The molecule has 1 amide bonds. The molecule has 1 fully saturated rings. The van der Waals surface area contributed by atoms with E-state index in [1.165, 1.54) is 0 Å². The van der Waals surface area contributed by atoms with Crippen LogP contribution in [0.25, 0.3) is 0 Å². The number of carbonyl (C=O) groups is 1. The molecule has 0 N–H and O–H groups in total. The van der Waals surface area contributed by atoms with Crippen LogP contribution < -0.4 is 0 Å². The third-order valence-corrected chi connectivity index (χ3v) is 4.47. The Morgan fingerprint density at radius 1 is 1.39 bits per heavy atom. The second kappa shape index (κ2) is 6.18. The van der Waals surface area contributed by atoms with Crippen LogP contribution in [0, 0.1) is 6.92 Å². The first-order valence-electron chi connectivity index (χ1n) is 8.25. The van der Waals surface area contributed by atoms with Gasteiger partial charge in [-0.15, -0.1) is 0 Å². The number of hydrogen-bond acceptors (Lipinski definition) is 5. The summed E-state index contributed by atoms with van der Waals surface area (Å²) in [6.07, 6.45) is 2.67. The van der Waals surface area contributed by atoms with Gasteiger partial charge >= 0.3 is 0 Å². The highest BCUT2D eigenvalue weighted by Gasteiger charge is 2.35. The molecule has 3 rings (SSSR count). The zero-order chi connectivity index (χ0) is 16.6. The zero-order valence-electron chi connectivity index (χ0n) is 14.1. The standard InChI is InChI=1S/C17H23N3O3/c1-5-14-16(11(4)18-22-14)13-7-6-8-20(13)17(21)12-9-15(10(2)3)23-19-12/h9-10,13H,5-8H2,1-4H3. The van der Waals surface area contributed by atoms with E-state index in [-0.39, 0.29) is 17.9 Å². The number of aromatic nitrogens is 2. The predicted molar refractivity (Wildman–Crippen MR) is 84.2 cm³/mol. The van der Waals surface area contributed by atoms with Crippen molar-refractivity contribution in [1.82, 2.24) is 15.2 Å². The van der Waals surface area contributed by atoms with Gasteiger partial charge in [-0.05, 0) is 19.8 Å². The highest BCUT2D eigenvalue weighted by Crippen LogP contribution is 2.37. The number of carbonyl (C=O) groups excluding carboxylic acids is 1. The molecule has 1 atom stereocenters. The smallest absolute Gasteiger partial charge is 0.276 e. The molecule has 23 heavy (non-hydrogen) atoms. The second-order valence-corrected chi connectivity index (χ2v) is 6.38. The summed E-state index contributed by atoms with van der Waals surface area (Å²) >= 11 is 0. The van der Waals surface area contributed by atoms with Crippen LogP contribution in [0.5, 0.6) is 0 Å². The van der Waals surface area contributed by atoms with E-state index in [1.807, 2.05) is 32.6 Å². The minimum Gasteiger partial charge on any atom is -0.361 e. The summed E-state index contributed by atoms with van der Waals surface area (Å²) in [4.78, 5) is 14.7. The molecule has 124 valence electrons. The van der Waals surface area contributed by atoms with Crippen LogP contribution in [0.2, 0.25) is 0 Å². The predicted octanol–water partition coefficient (Wildman–Crippen LogP) is 3.63. The topological polar surface area (TPSA) is 72.4 Å². The Hall–Kier alpha value is -2.11. The van der Waals surface area contributed by atoms with Crippen LogP contribution in [0.15, 0.2) is 15.1 Å². The third-order valence-electron chi connectivity index (χ3n) is 4.47. The Morgan fingerprint density at radius 2 is 2.17 bits per heavy atom. The Labute approximate surface area is 135 Å². The lowest BCUT2D eigenvalue weighted by atomic mass is 10.0. The molecule has 2 aromatic rings. The Kier molecular flexibility index (Phi) is 4.24. The van der Waals surface area contributed by atoms with Crippen molar-refractivity contribution in [2.24, 2.45) is 0 Å². The van der Waals surface area contributed by atoms with Crippen LogP contribution in [-0.4, -0.2) is 27.7 Å². The molecule has 0 aliphatic carbocycles. The average Bonchev–Trinajstić information content (AvgIpc) is 3.25. The van der Waals surface area contributed by atoms with Gasteiger partial charge in [0, 0.05) is 30.5 Å². The largest absolute Gasteiger partial charge is 0.361 e. The summed E-state index contributed by atoms with van der Waals surface area (Å²) in [6.45, 7) is 8.73. The fourth-order valence-electron chi connectivity index (χ4n) is 3.22. The highest BCUT2D eigenvalue weighted by atomic mass is 16.5. The first kappa shape index (κ1) is 15.8. The molecular formula is C17H23N3O3. The first-order chi connectivity index (χ1) is 11.0. The molecule has 6 nitrogen and oxygen atoms in total. The SMILES string of the molecule is CCc1onc(C)c1C1CCCN1C(=O)c1cc(C(C)C)on1. The van der Waals surface area contributed by atoms with Crippen molar-refractivity contribution >= 4 is 5.91 Å². The van der Waals surface area contributed by atoms with E-state index in [0.717, 1.165) is 48.6 Å². The maximum absolute atomic E-state index is 12.9.